The first-order valence-corrected chi connectivity index (χ1v) is 9.22. The van der Waals surface area contributed by atoms with Gasteiger partial charge in [-0.1, -0.05) is 11.6 Å². The summed E-state index contributed by atoms with van der Waals surface area (Å²) in [5.41, 5.74) is 2.45. The summed E-state index contributed by atoms with van der Waals surface area (Å²) in [7, 11) is 0. The Labute approximate surface area is 157 Å². The van der Waals surface area contributed by atoms with Crippen molar-refractivity contribution in [2.75, 3.05) is 29.9 Å². The van der Waals surface area contributed by atoms with Gasteiger partial charge in [-0.05, 0) is 55.7 Å². The first-order valence-electron chi connectivity index (χ1n) is 8.84. The van der Waals surface area contributed by atoms with Gasteiger partial charge in [-0.2, -0.15) is 0 Å². The normalized spacial score (nSPS) is 16.3. The smallest absolute Gasteiger partial charge is 0.256 e. The molecule has 5 nitrogen and oxygen atoms in total. The number of nitrogens with one attached hydrogen (secondary N) is 1. The van der Waals surface area contributed by atoms with Gasteiger partial charge in [0.05, 0.1) is 17.5 Å². The van der Waals surface area contributed by atoms with Crippen molar-refractivity contribution in [1.29, 1.82) is 0 Å². The number of carbonyl (C=O) groups is 1. The average molecular weight is 370 g/mol. The summed E-state index contributed by atoms with van der Waals surface area (Å²) in [5.74, 6) is 1.05. The van der Waals surface area contributed by atoms with Crippen LogP contribution >= 0.6 is 11.6 Å². The van der Waals surface area contributed by atoms with Gasteiger partial charge in [0.1, 0.15) is 18.2 Å². The number of amides is 1. The minimum absolute atomic E-state index is 0.214. The summed E-state index contributed by atoms with van der Waals surface area (Å²) in [6.07, 6.45) is 7.36. The van der Waals surface area contributed by atoms with E-state index in [0.717, 1.165) is 30.1 Å². The Balaban J connectivity index is 1.45. The van der Waals surface area contributed by atoms with Crippen LogP contribution in [-0.2, 0) is 4.79 Å². The summed E-state index contributed by atoms with van der Waals surface area (Å²) in [5, 5.41) is 3.45. The Morgan fingerprint density at radius 2 is 2.00 bits per heavy atom. The third-order valence-electron chi connectivity index (χ3n) is 4.69. The number of hydrogen-bond donors (Lipinski definition) is 1. The van der Waals surface area contributed by atoms with E-state index in [9.17, 15) is 4.79 Å². The topological polar surface area (TPSA) is 54.5 Å². The number of anilines is 2. The number of aromatic nitrogens is 1. The van der Waals surface area contributed by atoms with Gasteiger partial charge in [0, 0.05) is 23.7 Å². The number of nitrogens with zero attached hydrogens (tertiary/aromatic N) is 2. The van der Waals surface area contributed by atoms with Gasteiger partial charge >= 0.3 is 0 Å². The fraction of sp³-hybridized carbons (Fsp3) is 0.300. The van der Waals surface area contributed by atoms with Gasteiger partial charge in [0.15, 0.2) is 0 Å². The largest absolute Gasteiger partial charge is 0.488 e. The van der Waals surface area contributed by atoms with Crippen molar-refractivity contribution in [3.05, 3.63) is 52.7 Å². The van der Waals surface area contributed by atoms with E-state index in [2.05, 4.69) is 15.2 Å². The average Bonchev–Trinajstić information content (AvgIpc) is 2.68. The van der Waals surface area contributed by atoms with Gasteiger partial charge in [-0.15, -0.1) is 0 Å². The molecule has 1 aromatic heterocycles. The maximum Gasteiger partial charge on any atom is 0.256 e. The number of benzene rings is 1. The molecular weight excluding hydrogens is 350 g/mol. The molecule has 2 aliphatic heterocycles. The lowest BCUT2D eigenvalue weighted by Crippen LogP contribution is -2.29. The maximum atomic E-state index is 12.5. The molecule has 0 spiro atoms. The zero-order valence-electron chi connectivity index (χ0n) is 14.4. The Hall–Kier alpha value is -2.53. The molecule has 1 aromatic carbocycles. The van der Waals surface area contributed by atoms with Crippen molar-refractivity contribution in [3.63, 3.8) is 0 Å². The molecule has 1 saturated heterocycles. The van der Waals surface area contributed by atoms with E-state index in [1.807, 2.05) is 30.5 Å². The van der Waals surface area contributed by atoms with Gasteiger partial charge in [-0.25, -0.2) is 4.98 Å². The van der Waals surface area contributed by atoms with E-state index < -0.39 is 0 Å². The summed E-state index contributed by atoms with van der Waals surface area (Å²) in [4.78, 5) is 19.2. The van der Waals surface area contributed by atoms with E-state index in [1.54, 1.807) is 12.1 Å². The standard InChI is InChI=1S/C20H20ClN3O2/c21-16-4-6-18-14(11-16)10-15(13-26-18)20(25)23-19-7-5-17(12-22-19)24-8-2-1-3-9-24/h4-7,10-12H,1-3,8-9,13H2,(H,22,23,25). The molecule has 0 radical (unpaired) electrons. The van der Waals surface area contributed by atoms with E-state index in [1.165, 1.54) is 19.3 Å². The number of ether oxygens (including phenoxy) is 1. The first kappa shape index (κ1) is 16.9. The number of pyridine rings is 1. The third-order valence-corrected chi connectivity index (χ3v) is 4.92. The lowest BCUT2D eigenvalue weighted by molar-refractivity contribution is -0.113. The Kier molecular flexibility index (Phi) is 4.80. The number of piperidine rings is 1. The van der Waals surface area contributed by atoms with Crippen molar-refractivity contribution in [2.24, 2.45) is 0 Å². The van der Waals surface area contributed by atoms with Crippen molar-refractivity contribution in [3.8, 4) is 5.75 Å². The highest BCUT2D eigenvalue weighted by Gasteiger charge is 2.18. The van der Waals surface area contributed by atoms with Gasteiger partial charge < -0.3 is 15.0 Å². The van der Waals surface area contributed by atoms with Crippen molar-refractivity contribution < 1.29 is 9.53 Å². The number of carbonyl (C=O) groups excluding carboxylic acids is 1. The zero-order chi connectivity index (χ0) is 17.9. The second-order valence-corrected chi connectivity index (χ2v) is 6.98. The molecule has 0 bridgehead atoms. The van der Waals surface area contributed by atoms with Crippen molar-refractivity contribution in [2.45, 2.75) is 19.3 Å². The van der Waals surface area contributed by atoms with Crippen molar-refractivity contribution in [1.82, 2.24) is 4.98 Å². The van der Waals surface area contributed by atoms with Crippen LogP contribution in [-0.4, -0.2) is 30.6 Å². The molecule has 0 atom stereocenters. The Morgan fingerprint density at radius 1 is 1.15 bits per heavy atom. The lowest BCUT2D eigenvalue weighted by atomic mass is 10.1. The van der Waals surface area contributed by atoms with E-state index in [-0.39, 0.29) is 12.5 Å². The highest BCUT2D eigenvalue weighted by Crippen LogP contribution is 2.29. The second-order valence-electron chi connectivity index (χ2n) is 6.54. The van der Waals surface area contributed by atoms with Gasteiger partial charge in [0.25, 0.3) is 5.91 Å². The SMILES string of the molecule is O=C(Nc1ccc(N2CCCCC2)cn1)C1=Cc2cc(Cl)ccc2OC1. The highest BCUT2D eigenvalue weighted by molar-refractivity contribution is 6.30. The molecule has 3 heterocycles. The van der Waals surface area contributed by atoms with Crippen LogP contribution in [0.2, 0.25) is 5.02 Å². The molecule has 2 aliphatic rings. The van der Waals surface area contributed by atoms with Crippen LogP contribution in [0.3, 0.4) is 0 Å². The van der Waals surface area contributed by atoms with E-state index in [4.69, 9.17) is 16.3 Å². The van der Waals surface area contributed by atoms with E-state index >= 15 is 0 Å². The number of hydrogen-bond acceptors (Lipinski definition) is 4. The second kappa shape index (κ2) is 7.38. The molecule has 1 N–H and O–H groups in total. The van der Waals surface area contributed by atoms with Crippen LogP contribution < -0.4 is 15.0 Å². The summed E-state index contributed by atoms with van der Waals surface area (Å²) < 4.78 is 5.63. The number of fused-ring (bicyclic) bond motifs is 1. The minimum atomic E-state index is -0.214. The fourth-order valence-corrected chi connectivity index (χ4v) is 3.46. The maximum absolute atomic E-state index is 12.5. The molecule has 2 aromatic rings. The Bertz CT molecular complexity index is 843. The number of halogens is 1. The monoisotopic (exact) mass is 369 g/mol. The third kappa shape index (κ3) is 3.68. The molecule has 134 valence electrons. The van der Waals surface area contributed by atoms with Crippen molar-refractivity contribution >= 4 is 35.1 Å². The van der Waals surface area contributed by atoms with E-state index in [0.29, 0.717) is 16.4 Å². The predicted molar refractivity (Wildman–Crippen MR) is 104 cm³/mol. The van der Waals surface area contributed by atoms with Crippen LogP contribution in [0.1, 0.15) is 24.8 Å². The van der Waals surface area contributed by atoms with Crippen LogP contribution in [0.4, 0.5) is 11.5 Å². The first-order chi connectivity index (χ1) is 12.7. The van der Waals surface area contributed by atoms with Crippen LogP contribution in [0.5, 0.6) is 5.75 Å². The summed E-state index contributed by atoms with van der Waals surface area (Å²) in [6, 6.07) is 9.22. The molecule has 1 fully saturated rings. The molecule has 0 saturated carbocycles. The predicted octanol–water partition coefficient (Wildman–Crippen LogP) is 4.14. The summed E-state index contributed by atoms with van der Waals surface area (Å²) in [6.45, 7) is 2.37. The Morgan fingerprint density at radius 3 is 2.77 bits per heavy atom. The number of rotatable bonds is 3. The van der Waals surface area contributed by atoms with Crippen LogP contribution in [0.25, 0.3) is 6.08 Å². The fourth-order valence-electron chi connectivity index (χ4n) is 3.28. The molecule has 6 heteroatoms. The molecule has 0 aliphatic carbocycles. The molecule has 1 amide bonds. The van der Waals surface area contributed by atoms with Crippen LogP contribution in [0, 0.1) is 0 Å². The highest BCUT2D eigenvalue weighted by atomic mass is 35.5. The molecule has 4 rings (SSSR count). The van der Waals surface area contributed by atoms with Crippen LogP contribution in [0.15, 0.2) is 42.1 Å². The molecule has 0 unspecified atom stereocenters. The molecule has 26 heavy (non-hydrogen) atoms. The summed E-state index contributed by atoms with van der Waals surface area (Å²) >= 11 is 6.01. The molecular formula is C20H20ClN3O2. The van der Waals surface area contributed by atoms with Gasteiger partial charge in [-0.3, -0.25) is 4.79 Å². The van der Waals surface area contributed by atoms with Gasteiger partial charge in [0.2, 0.25) is 0 Å². The quantitative estimate of drug-likeness (QED) is 0.883. The minimum Gasteiger partial charge on any atom is -0.488 e. The zero-order valence-corrected chi connectivity index (χ0v) is 15.1. The lowest BCUT2D eigenvalue weighted by Gasteiger charge is -2.28.